The first-order valence-electron chi connectivity index (χ1n) is 10.2. The summed E-state index contributed by atoms with van der Waals surface area (Å²) >= 11 is 1.52. The molecular formula is C22H25N3O6S. The lowest BCUT2D eigenvalue weighted by molar-refractivity contribution is -0.134. The Hall–Kier alpha value is -3.24. The predicted molar refractivity (Wildman–Crippen MR) is 120 cm³/mol. The van der Waals surface area contributed by atoms with E-state index in [1.807, 2.05) is 30.3 Å². The molecule has 0 saturated carbocycles. The Balaban J connectivity index is 0.000000312. The van der Waals surface area contributed by atoms with Gasteiger partial charge in [0.15, 0.2) is 5.82 Å². The Morgan fingerprint density at radius 1 is 1.09 bits per heavy atom. The second kappa shape index (κ2) is 11.4. The highest BCUT2D eigenvalue weighted by molar-refractivity contribution is 7.13. The van der Waals surface area contributed by atoms with E-state index in [1.54, 1.807) is 5.51 Å². The maximum Gasteiger partial charge on any atom is 0.413 e. The third-order valence-corrected chi connectivity index (χ3v) is 6.12. The zero-order chi connectivity index (χ0) is 22.9. The van der Waals surface area contributed by atoms with E-state index < -0.39 is 11.9 Å². The van der Waals surface area contributed by atoms with Crippen molar-refractivity contribution < 1.29 is 29.3 Å². The van der Waals surface area contributed by atoms with Crippen LogP contribution in [0, 0.1) is 5.92 Å². The Morgan fingerprint density at radius 3 is 2.50 bits per heavy atom. The molecular weight excluding hydrogens is 434 g/mol. The summed E-state index contributed by atoms with van der Waals surface area (Å²) in [5.41, 5.74) is 2.80. The molecule has 3 N–H and O–H groups in total. The first kappa shape index (κ1) is 23.4. The van der Waals surface area contributed by atoms with Crippen molar-refractivity contribution in [2.24, 2.45) is 5.92 Å². The summed E-state index contributed by atoms with van der Waals surface area (Å²) in [4.78, 5) is 39.2. The van der Waals surface area contributed by atoms with Crippen molar-refractivity contribution >= 4 is 35.2 Å². The van der Waals surface area contributed by atoms with E-state index in [0.717, 1.165) is 36.4 Å². The van der Waals surface area contributed by atoms with Crippen LogP contribution in [0.4, 0.5) is 10.6 Å². The molecule has 2 aromatic rings. The first-order chi connectivity index (χ1) is 15.4. The fourth-order valence-corrected chi connectivity index (χ4v) is 4.59. The van der Waals surface area contributed by atoms with Crippen LogP contribution in [-0.4, -0.2) is 63.9 Å². The van der Waals surface area contributed by atoms with Gasteiger partial charge < -0.3 is 19.8 Å². The summed E-state index contributed by atoms with van der Waals surface area (Å²) in [5, 5.41) is 18.5. The molecule has 3 heterocycles. The van der Waals surface area contributed by atoms with Gasteiger partial charge in [-0.25, -0.2) is 19.4 Å². The van der Waals surface area contributed by atoms with Gasteiger partial charge in [0, 0.05) is 31.2 Å². The molecule has 0 spiro atoms. The second-order valence-electron chi connectivity index (χ2n) is 7.47. The molecule has 2 aliphatic heterocycles. The number of carbonyl (C=O) groups excluding carboxylic acids is 1. The third-order valence-electron chi connectivity index (χ3n) is 5.25. The summed E-state index contributed by atoms with van der Waals surface area (Å²) in [6.45, 7) is 3.28. The van der Waals surface area contributed by atoms with E-state index in [0.29, 0.717) is 23.9 Å². The molecule has 32 heavy (non-hydrogen) atoms. The molecule has 2 bridgehead atoms. The second-order valence-corrected chi connectivity index (χ2v) is 8.32. The number of hydrogen-bond acceptors (Lipinski definition) is 7. The van der Waals surface area contributed by atoms with Gasteiger partial charge in [-0.15, -0.1) is 11.3 Å². The van der Waals surface area contributed by atoms with Crippen LogP contribution in [-0.2, 0) is 14.3 Å². The fourth-order valence-electron chi connectivity index (χ4n) is 3.83. The number of fused-ring (bicyclic) bond motifs is 2. The van der Waals surface area contributed by atoms with Gasteiger partial charge in [-0.3, -0.25) is 5.32 Å². The number of carboxylic acids is 2. The van der Waals surface area contributed by atoms with Crippen LogP contribution in [0.3, 0.4) is 0 Å². The van der Waals surface area contributed by atoms with Crippen LogP contribution in [0.5, 0.6) is 0 Å². The number of anilines is 1. The van der Waals surface area contributed by atoms with Gasteiger partial charge in [-0.05, 0) is 31.4 Å². The Bertz CT molecular complexity index is 946. The molecule has 9 nitrogen and oxygen atoms in total. The van der Waals surface area contributed by atoms with Crippen LogP contribution in [0.2, 0.25) is 0 Å². The van der Waals surface area contributed by atoms with Crippen molar-refractivity contribution in [3.63, 3.8) is 0 Å². The van der Waals surface area contributed by atoms with E-state index >= 15 is 0 Å². The molecule has 1 aromatic heterocycles. The summed E-state index contributed by atoms with van der Waals surface area (Å²) in [6, 6.07) is 9.97. The number of carbonyl (C=O) groups is 3. The van der Waals surface area contributed by atoms with Crippen molar-refractivity contribution in [3.05, 3.63) is 48.0 Å². The lowest BCUT2D eigenvalue weighted by Gasteiger charge is -2.41. The molecule has 10 heteroatoms. The Morgan fingerprint density at radius 2 is 1.81 bits per heavy atom. The SMILES string of the molecule is O=C(Nc1ncsc1-c1ccccc1)OC1CCN2CCCC1C2.O=C(O)/C=C/C(=O)O. The lowest BCUT2D eigenvalue weighted by Crippen LogP contribution is -2.48. The van der Waals surface area contributed by atoms with Gasteiger partial charge in [-0.1, -0.05) is 30.3 Å². The highest BCUT2D eigenvalue weighted by Gasteiger charge is 2.34. The molecule has 170 valence electrons. The molecule has 3 atom stereocenters. The molecule has 0 radical (unpaired) electrons. The minimum absolute atomic E-state index is 0.0281. The molecule has 2 saturated heterocycles. The smallest absolute Gasteiger partial charge is 0.413 e. The van der Waals surface area contributed by atoms with Crippen LogP contribution >= 0.6 is 11.3 Å². The number of hydrogen-bond donors (Lipinski definition) is 3. The minimum atomic E-state index is -1.26. The number of carboxylic acid groups (broad SMARTS) is 2. The summed E-state index contributed by atoms with van der Waals surface area (Å²) in [6.07, 6.45) is 4.05. The van der Waals surface area contributed by atoms with Gasteiger partial charge in [0.05, 0.1) is 10.4 Å². The summed E-state index contributed by atoms with van der Waals surface area (Å²) in [5.74, 6) is -1.46. The zero-order valence-corrected chi connectivity index (χ0v) is 18.2. The Kier molecular flexibility index (Phi) is 8.34. The largest absolute Gasteiger partial charge is 0.478 e. The molecule has 2 aliphatic rings. The van der Waals surface area contributed by atoms with Gasteiger partial charge in [0.2, 0.25) is 0 Å². The van der Waals surface area contributed by atoms with E-state index in [1.165, 1.54) is 24.3 Å². The zero-order valence-electron chi connectivity index (χ0n) is 17.3. The van der Waals surface area contributed by atoms with Crippen molar-refractivity contribution in [1.82, 2.24) is 9.88 Å². The lowest BCUT2D eigenvalue weighted by atomic mass is 9.87. The number of piperidine rings is 2. The monoisotopic (exact) mass is 459 g/mol. The summed E-state index contributed by atoms with van der Waals surface area (Å²) in [7, 11) is 0. The standard InChI is InChI=1S/C18H21N3O2S.C4H4O4/c22-18(23-15-8-10-21-9-4-7-14(15)11-21)20-17-16(24-12-19-17)13-5-2-1-3-6-13;5-3(6)1-2-4(7)8/h1-3,5-6,12,14-15H,4,7-11H2,(H,20,22);1-2H,(H,5,6)(H,7,8)/b;2-1+. The molecule has 4 rings (SSSR count). The van der Waals surface area contributed by atoms with Crippen molar-refractivity contribution in [3.8, 4) is 10.4 Å². The average Bonchev–Trinajstić information content (AvgIpc) is 3.24. The number of amides is 1. The normalized spacial score (nSPS) is 21.8. The number of nitrogens with zero attached hydrogens (tertiary/aromatic N) is 2. The number of ether oxygens (including phenoxy) is 1. The number of thiazole rings is 1. The van der Waals surface area contributed by atoms with Gasteiger partial charge in [-0.2, -0.15) is 0 Å². The van der Waals surface area contributed by atoms with Crippen molar-refractivity contribution in [1.29, 1.82) is 0 Å². The van der Waals surface area contributed by atoms with Gasteiger partial charge in [0.25, 0.3) is 0 Å². The topological polar surface area (TPSA) is 129 Å². The molecule has 2 fully saturated rings. The van der Waals surface area contributed by atoms with Crippen LogP contribution in [0.15, 0.2) is 48.0 Å². The Labute approximate surface area is 189 Å². The summed E-state index contributed by atoms with van der Waals surface area (Å²) < 4.78 is 5.73. The van der Waals surface area contributed by atoms with Crippen LogP contribution in [0.25, 0.3) is 10.4 Å². The minimum Gasteiger partial charge on any atom is -0.478 e. The molecule has 1 amide bonds. The van der Waals surface area contributed by atoms with Crippen LogP contribution in [0.1, 0.15) is 19.3 Å². The molecule has 3 unspecified atom stereocenters. The van der Waals surface area contributed by atoms with Crippen molar-refractivity contribution in [2.45, 2.75) is 25.4 Å². The van der Waals surface area contributed by atoms with E-state index in [9.17, 15) is 14.4 Å². The molecule has 0 aliphatic carbocycles. The van der Waals surface area contributed by atoms with Gasteiger partial charge in [0.1, 0.15) is 6.10 Å². The fraction of sp³-hybridized carbons (Fsp3) is 0.364. The maximum absolute atomic E-state index is 12.3. The highest BCUT2D eigenvalue weighted by atomic mass is 32.1. The number of nitrogens with one attached hydrogen (secondary N) is 1. The predicted octanol–water partition coefficient (Wildman–Crippen LogP) is 3.55. The number of aliphatic carboxylic acids is 2. The third kappa shape index (κ3) is 6.89. The van der Waals surface area contributed by atoms with E-state index in [-0.39, 0.29) is 12.2 Å². The first-order valence-corrected chi connectivity index (χ1v) is 11.1. The number of benzene rings is 1. The maximum atomic E-state index is 12.3. The average molecular weight is 460 g/mol. The number of rotatable bonds is 5. The van der Waals surface area contributed by atoms with Crippen LogP contribution < -0.4 is 5.32 Å². The number of aromatic nitrogens is 1. The molecule has 1 aromatic carbocycles. The quantitative estimate of drug-likeness (QED) is 0.579. The highest BCUT2D eigenvalue weighted by Crippen LogP contribution is 2.32. The van der Waals surface area contributed by atoms with Crippen molar-refractivity contribution in [2.75, 3.05) is 25.0 Å². The van der Waals surface area contributed by atoms with E-state index in [4.69, 9.17) is 14.9 Å². The van der Waals surface area contributed by atoms with E-state index in [2.05, 4.69) is 15.2 Å². The van der Waals surface area contributed by atoms with Gasteiger partial charge >= 0.3 is 18.0 Å².